The number of H-pyrrole nitrogens is 1. The molecule has 0 aliphatic rings. The maximum absolute atomic E-state index is 8.22. The molecule has 2 heterocycles. The minimum Gasteiger partial charge on any atom is -0.261 e. The number of fused-ring (bicyclic) bond motifs is 1. The van der Waals surface area contributed by atoms with Gasteiger partial charge in [0, 0.05) is 16.5 Å². The summed E-state index contributed by atoms with van der Waals surface area (Å²) >= 11 is 0. The molecule has 0 aliphatic carbocycles. The summed E-state index contributed by atoms with van der Waals surface area (Å²) < 4.78 is 0. The van der Waals surface area contributed by atoms with Gasteiger partial charge in [0.05, 0.1) is 11.9 Å². The molecule has 0 fully saturated rings. The van der Waals surface area contributed by atoms with E-state index < -0.39 is 0 Å². The van der Waals surface area contributed by atoms with Gasteiger partial charge in [-0.3, -0.25) is 5.10 Å². The molecule has 0 bridgehead atoms. The number of azide groups is 1. The minimum atomic E-state index is 0.538. The van der Waals surface area contributed by atoms with Crippen LogP contribution in [0.5, 0.6) is 0 Å². The van der Waals surface area contributed by atoms with Gasteiger partial charge in [0.2, 0.25) is 0 Å². The van der Waals surface area contributed by atoms with Gasteiger partial charge in [-0.25, -0.2) is 4.98 Å². The lowest BCUT2D eigenvalue weighted by Crippen LogP contribution is -1.73. The molecule has 0 aliphatic heterocycles. The third-order valence-electron chi connectivity index (χ3n) is 1.48. The Bertz CT molecular complexity index is 452. The topological polar surface area (TPSA) is 90.3 Å². The highest BCUT2D eigenvalue weighted by atomic mass is 15.2. The molecular formula is C6H4N6. The Morgan fingerprint density at radius 3 is 3.33 bits per heavy atom. The number of hydrogen-bond donors (Lipinski definition) is 1. The summed E-state index contributed by atoms with van der Waals surface area (Å²) in [5.74, 6) is 0. The van der Waals surface area contributed by atoms with E-state index in [2.05, 4.69) is 25.2 Å². The molecule has 6 heteroatoms. The third kappa shape index (κ3) is 0.869. The van der Waals surface area contributed by atoms with Crippen molar-refractivity contribution in [3.05, 3.63) is 28.9 Å². The summed E-state index contributed by atoms with van der Waals surface area (Å²) in [6.07, 6.45) is 3.14. The van der Waals surface area contributed by atoms with Crippen molar-refractivity contribution in [3.63, 3.8) is 0 Å². The van der Waals surface area contributed by atoms with Gasteiger partial charge >= 0.3 is 0 Å². The molecule has 0 aromatic carbocycles. The van der Waals surface area contributed by atoms with E-state index in [-0.39, 0.29) is 0 Å². The number of hydrogen-bond acceptors (Lipinski definition) is 3. The molecule has 0 saturated heterocycles. The van der Waals surface area contributed by atoms with Crippen molar-refractivity contribution in [3.8, 4) is 0 Å². The molecule has 0 atom stereocenters. The van der Waals surface area contributed by atoms with Crippen LogP contribution >= 0.6 is 0 Å². The standard InChI is InChI=1S/C6H4N6/c7-12-10-5-1-2-8-6-4(5)3-9-11-6/h1-3H,(H,8,9,11). The number of aromatic amines is 1. The summed E-state index contributed by atoms with van der Waals surface area (Å²) in [4.78, 5) is 6.67. The maximum Gasteiger partial charge on any atom is 0.155 e. The van der Waals surface area contributed by atoms with Crippen molar-refractivity contribution in [1.29, 1.82) is 0 Å². The van der Waals surface area contributed by atoms with Crippen molar-refractivity contribution < 1.29 is 0 Å². The minimum absolute atomic E-state index is 0.538. The molecule has 0 spiro atoms. The molecule has 0 radical (unpaired) electrons. The van der Waals surface area contributed by atoms with E-state index in [0.29, 0.717) is 11.3 Å². The van der Waals surface area contributed by atoms with Crippen molar-refractivity contribution in [1.82, 2.24) is 15.2 Å². The van der Waals surface area contributed by atoms with Crippen molar-refractivity contribution in [2.45, 2.75) is 0 Å². The Balaban J connectivity index is 2.81. The largest absolute Gasteiger partial charge is 0.261 e. The summed E-state index contributed by atoms with van der Waals surface area (Å²) in [6.45, 7) is 0. The highest BCUT2D eigenvalue weighted by molar-refractivity contribution is 5.85. The average molecular weight is 160 g/mol. The monoisotopic (exact) mass is 160 g/mol. The smallest absolute Gasteiger partial charge is 0.155 e. The van der Waals surface area contributed by atoms with Gasteiger partial charge in [-0.15, -0.1) is 0 Å². The Kier molecular flexibility index (Phi) is 1.39. The zero-order chi connectivity index (χ0) is 8.39. The number of rotatable bonds is 1. The highest BCUT2D eigenvalue weighted by Crippen LogP contribution is 2.21. The lowest BCUT2D eigenvalue weighted by Gasteiger charge is -1.90. The molecular weight excluding hydrogens is 156 g/mol. The van der Waals surface area contributed by atoms with Gasteiger partial charge in [0.1, 0.15) is 0 Å². The molecule has 0 unspecified atom stereocenters. The van der Waals surface area contributed by atoms with Gasteiger partial charge in [-0.2, -0.15) is 5.10 Å². The van der Waals surface area contributed by atoms with E-state index in [4.69, 9.17) is 5.53 Å². The van der Waals surface area contributed by atoms with Crippen LogP contribution in [0.4, 0.5) is 5.69 Å². The zero-order valence-electron chi connectivity index (χ0n) is 5.97. The first-order valence-corrected chi connectivity index (χ1v) is 3.25. The average Bonchev–Trinajstić information content (AvgIpc) is 2.53. The van der Waals surface area contributed by atoms with E-state index in [1.54, 1.807) is 18.5 Å². The van der Waals surface area contributed by atoms with Crippen LogP contribution < -0.4 is 0 Å². The third-order valence-corrected chi connectivity index (χ3v) is 1.48. The fraction of sp³-hybridized carbons (Fsp3) is 0. The van der Waals surface area contributed by atoms with Crippen LogP contribution in [-0.4, -0.2) is 15.2 Å². The predicted molar refractivity (Wildman–Crippen MR) is 42.7 cm³/mol. The molecule has 58 valence electrons. The number of nitrogens with one attached hydrogen (secondary N) is 1. The van der Waals surface area contributed by atoms with Gasteiger partial charge in [0.25, 0.3) is 0 Å². The van der Waals surface area contributed by atoms with E-state index in [1.165, 1.54) is 0 Å². The first kappa shape index (κ1) is 6.63. The predicted octanol–water partition coefficient (Wildman–Crippen LogP) is 1.90. The fourth-order valence-electron chi connectivity index (χ4n) is 0.973. The lowest BCUT2D eigenvalue weighted by molar-refractivity contribution is 1.10. The molecule has 2 aromatic rings. The second kappa shape index (κ2) is 2.52. The first-order chi connectivity index (χ1) is 5.92. The van der Waals surface area contributed by atoms with Crippen molar-refractivity contribution in [2.75, 3.05) is 0 Å². The van der Waals surface area contributed by atoms with Crippen LogP contribution in [0, 0.1) is 0 Å². The second-order valence-corrected chi connectivity index (χ2v) is 2.15. The fourth-order valence-corrected chi connectivity index (χ4v) is 0.973. The number of pyridine rings is 1. The Labute approximate surface area is 66.9 Å². The number of nitrogens with zero attached hydrogens (tertiary/aromatic N) is 5. The normalized spacial score (nSPS) is 9.67. The van der Waals surface area contributed by atoms with E-state index in [1.807, 2.05) is 0 Å². The van der Waals surface area contributed by atoms with Crippen LogP contribution in [0.3, 0.4) is 0 Å². The van der Waals surface area contributed by atoms with E-state index >= 15 is 0 Å². The van der Waals surface area contributed by atoms with E-state index in [9.17, 15) is 0 Å². The molecule has 0 saturated carbocycles. The quantitative estimate of drug-likeness (QED) is 0.392. The first-order valence-electron chi connectivity index (χ1n) is 3.25. The van der Waals surface area contributed by atoms with Crippen molar-refractivity contribution >= 4 is 16.7 Å². The summed E-state index contributed by atoms with van der Waals surface area (Å²) in [5, 5.41) is 10.7. The summed E-state index contributed by atoms with van der Waals surface area (Å²) in [6, 6.07) is 1.64. The molecule has 2 aromatic heterocycles. The summed E-state index contributed by atoms with van der Waals surface area (Å²) in [7, 11) is 0. The van der Waals surface area contributed by atoms with Crippen LogP contribution in [-0.2, 0) is 0 Å². The lowest BCUT2D eigenvalue weighted by atomic mass is 10.3. The number of aromatic nitrogens is 3. The van der Waals surface area contributed by atoms with E-state index in [0.717, 1.165) is 5.39 Å². The Morgan fingerprint density at radius 2 is 2.50 bits per heavy atom. The van der Waals surface area contributed by atoms with Crippen LogP contribution in [0.25, 0.3) is 21.5 Å². The molecule has 6 nitrogen and oxygen atoms in total. The zero-order valence-corrected chi connectivity index (χ0v) is 5.97. The molecule has 0 amide bonds. The van der Waals surface area contributed by atoms with Crippen LogP contribution in [0.15, 0.2) is 23.6 Å². The maximum atomic E-state index is 8.22. The van der Waals surface area contributed by atoms with Crippen molar-refractivity contribution in [2.24, 2.45) is 5.11 Å². The summed E-state index contributed by atoms with van der Waals surface area (Å²) in [5.41, 5.74) is 9.39. The van der Waals surface area contributed by atoms with Gasteiger partial charge in [-0.05, 0) is 11.6 Å². The highest BCUT2D eigenvalue weighted by Gasteiger charge is 1.99. The van der Waals surface area contributed by atoms with Gasteiger partial charge < -0.3 is 0 Å². The molecule has 1 N–H and O–H groups in total. The van der Waals surface area contributed by atoms with Crippen LogP contribution in [0.1, 0.15) is 0 Å². The van der Waals surface area contributed by atoms with Crippen LogP contribution in [0.2, 0.25) is 0 Å². The SMILES string of the molecule is [N-]=[N+]=Nc1ccnc2[nH]ncc12. The van der Waals surface area contributed by atoms with Gasteiger partial charge in [-0.1, -0.05) is 5.11 Å². The second-order valence-electron chi connectivity index (χ2n) is 2.15. The molecule has 12 heavy (non-hydrogen) atoms. The van der Waals surface area contributed by atoms with Gasteiger partial charge in [0.15, 0.2) is 5.65 Å². The Morgan fingerprint density at radius 1 is 1.58 bits per heavy atom. The molecule has 2 rings (SSSR count). The Hall–Kier alpha value is -2.07.